The van der Waals surface area contributed by atoms with Crippen molar-refractivity contribution in [3.05, 3.63) is 53.3 Å². The first-order valence-electron chi connectivity index (χ1n) is 13.4. The van der Waals surface area contributed by atoms with Gasteiger partial charge >= 0.3 is 0 Å². The summed E-state index contributed by atoms with van der Waals surface area (Å²) in [6.45, 7) is 12.0. The lowest BCUT2D eigenvalue weighted by atomic mass is 9.72. The molecule has 2 aromatic carbocycles. The first-order valence-corrected chi connectivity index (χ1v) is 16.2. The number of methoxy groups -OCH3 is 3. The van der Waals surface area contributed by atoms with Gasteiger partial charge in [0.1, 0.15) is 5.82 Å². The van der Waals surface area contributed by atoms with Crippen LogP contribution in [-0.4, -0.2) is 53.8 Å². The Hall–Kier alpha value is -2.58. The summed E-state index contributed by atoms with van der Waals surface area (Å²) < 4.78 is 36.9. The summed E-state index contributed by atoms with van der Waals surface area (Å²) in [6.07, 6.45) is 2.76. The topological polar surface area (TPSA) is 57.2 Å². The Morgan fingerprint density at radius 3 is 2.11 bits per heavy atom. The number of nitrogens with zero attached hydrogens (tertiary/aromatic N) is 1. The molecule has 0 spiro atoms. The van der Waals surface area contributed by atoms with Crippen LogP contribution in [0.3, 0.4) is 0 Å². The van der Waals surface area contributed by atoms with Crippen molar-refractivity contribution in [1.82, 2.24) is 4.90 Å². The van der Waals surface area contributed by atoms with Crippen molar-refractivity contribution in [2.24, 2.45) is 10.8 Å². The highest BCUT2D eigenvalue weighted by molar-refractivity contribution is 6.48. The fourth-order valence-electron chi connectivity index (χ4n) is 5.37. The molecular formula is C30H44FNO5Si. The van der Waals surface area contributed by atoms with Gasteiger partial charge in [-0.2, -0.15) is 0 Å². The molecule has 0 aliphatic carbocycles. The van der Waals surface area contributed by atoms with Gasteiger partial charge in [0.25, 0.3) is 0 Å². The number of halogens is 1. The van der Waals surface area contributed by atoms with E-state index in [9.17, 15) is 9.18 Å². The summed E-state index contributed by atoms with van der Waals surface area (Å²) in [7, 11) is 3.29. The Kier molecular flexibility index (Phi) is 9.87. The summed E-state index contributed by atoms with van der Waals surface area (Å²) >= 11 is 0. The molecule has 2 atom stereocenters. The lowest BCUT2D eigenvalue weighted by molar-refractivity contribution is -0.142. The average Bonchev–Trinajstić information content (AvgIpc) is 3.17. The molecular weight excluding hydrogens is 501 g/mol. The van der Waals surface area contributed by atoms with Crippen LogP contribution >= 0.6 is 0 Å². The molecule has 0 radical (unpaired) electrons. The van der Waals surface area contributed by atoms with Crippen molar-refractivity contribution in [1.29, 1.82) is 0 Å². The zero-order valence-electron chi connectivity index (χ0n) is 24.2. The largest absolute Gasteiger partial charge is 0.493 e. The molecule has 1 amide bonds. The maximum atomic E-state index is 14.4. The quantitative estimate of drug-likeness (QED) is 0.306. The second-order valence-electron chi connectivity index (χ2n) is 11.7. The normalized spacial score (nSPS) is 18.7. The average molecular weight is 546 g/mol. The minimum Gasteiger partial charge on any atom is -0.493 e. The van der Waals surface area contributed by atoms with Crippen molar-refractivity contribution < 1.29 is 27.8 Å². The fourth-order valence-corrected chi connectivity index (χ4v) is 6.42. The van der Waals surface area contributed by atoms with Gasteiger partial charge in [0.15, 0.2) is 20.5 Å². The molecule has 1 fully saturated rings. The van der Waals surface area contributed by atoms with Crippen LogP contribution in [0.5, 0.6) is 17.2 Å². The first kappa shape index (κ1) is 30.0. The summed E-state index contributed by atoms with van der Waals surface area (Å²) in [5.74, 6) is 1.45. The number of amides is 1. The van der Waals surface area contributed by atoms with Crippen LogP contribution in [0.1, 0.15) is 51.2 Å². The lowest BCUT2D eigenvalue weighted by Crippen LogP contribution is -2.47. The van der Waals surface area contributed by atoms with Gasteiger partial charge in [0.05, 0.1) is 32.8 Å². The number of hydrogen-bond donors (Lipinski definition) is 0. The van der Waals surface area contributed by atoms with E-state index in [1.54, 1.807) is 33.5 Å². The molecule has 1 saturated heterocycles. The van der Waals surface area contributed by atoms with E-state index in [2.05, 4.69) is 33.9 Å². The van der Waals surface area contributed by atoms with Gasteiger partial charge in [0, 0.05) is 13.1 Å². The minimum atomic E-state index is -1.46. The van der Waals surface area contributed by atoms with E-state index in [0.29, 0.717) is 43.2 Å². The Bertz CT molecular complexity index is 1060. The van der Waals surface area contributed by atoms with Crippen molar-refractivity contribution in [3.8, 4) is 17.2 Å². The molecule has 0 aromatic heterocycles. The van der Waals surface area contributed by atoms with Gasteiger partial charge in [-0.15, -0.1) is 0 Å². The van der Waals surface area contributed by atoms with Crippen molar-refractivity contribution in [2.75, 3.05) is 27.9 Å². The van der Waals surface area contributed by atoms with Crippen LogP contribution in [0, 0.1) is 16.6 Å². The molecule has 38 heavy (non-hydrogen) atoms. The monoisotopic (exact) mass is 545 g/mol. The molecule has 0 bridgehead atoms. The van der Waals surface area contributed by atoms with E-state index in [0.717, 1.165) is 24.0 Å². The fraction of sp³-hybridized carbons (Fsp3) is 0.567. The van der Waals surface area contributed by atoms with Crippen LogP contribution < -0.4 is 14.2 Å². The second kappa shape index (κ2) is 12.5. The maximum Gasteiger partial charge on any atom is 0.232 e. The maximum absolute atomic E-state index is 14.4. The van der Waals surface area contributed by atoms with Crippen LogP contribution in [0.2, 0.25) is 13.1 Å². The Balaban J connectivity index is 1.98. The molecule has 1 aliphatic heterocycles. The molecule has 3 rings (SSSR count). The summed E-state index contributed by atoms with van der Waals surface area (Å²) in [4.78, 5) is 16.3. The standard InChI is InChI=1S/C30H44FNO5Si/c1-29(2,3)14-13-26(37-38(7)8)30(19-21-9-11-23(31)12-10-21)15-16-32(28(30)33)20-22-17-24(34-4)27(36-6)25(18-22)35-5/h9-12,17-18,26,38H,13-16,19-20H2,1-8H3. The van der Waals surface area contributed by atoms with Crippen LogP contribution in [-0.2, 0) is 22.2 Å². The van der Waals surface area contributed by atoms with E-state index in [1.807, 2.05) is 17.0 Å². The summed E-state index contributed by atoms with van der Waals surface area (Å²) in [6, 6.07) is 10.3. The number of carbonyl (C=O) groups is 1. The second-order valence-corrected chi connectivity index (χ2v) is 14.1. The summed E-state index contributed by atoms with van der Waals surface area (Å²) in [5.41, 5.74) is 1.26. The van der Waals surface area contributed by atoms with Crippen molar-refractivity contribution in [2.45, 2.75) is 72.2 Å². The molecule has 1 heterocycles. The smallest absolute Gasteiger partial charge is 0.232 e. The van der Waals surface area contributed by atoms with Crippen molar-refractivity contribution in [3.63, 3.8) is 0 Å². The van der Waals surface area contributed by atoms with E-state index in [-0.39, 0.29) is 23.2 Å². The number of rotatable bonds is 12. The third-order valence-electron chi connectivity index (χ3n) is 7.28. The van der Waals surface area contributed by atoms with Gasteiger partial charge in [0.2, 0.25) is 11.7 Å². The zero-order chi connectivity index (χ0) is 28.1. The van der Waals surface area contributed by atoms with E-state index >= 15 is 0 Å². The van der Waals surface area contributed by atoms with Crippen LogP contribution in [0.25, 0.3) is 0 Å². The Labute approximate surface area is 229 Å². The number of benzene rings is 2. The van der Waals surface area contributed by atoms with Gasteiger partial charge in [-0.05, 0) is 79.6 Å². The van der Waals surface area contributed by atoms with Crippen LogP contribution in [0.4, 0.5) is 4.39 Å². The lowest BCUT2D eigenvalue weighted by Gasteiger charge is -2.39. The summed E-state index contributed by atoms with van der Waals surface area (Å²) in [5, 5.41) is 0. The molecule has 210 valence electrons. The van der Waals surface area contributed by atoms with Gasteiger partial charge < -0.3 is 23.5 Å². The molecule has 1 aliphatic rings. The predicted molar refractivity (Wildman–Crippen MR) is 151 cm³/mol. The van der Waals surface area contributed by atoms with Gasteiger partial charge in [-0.25, -0.2) is 4.39 Å². The molecule has 2 unspecified atom stereocenters. The van der Waals surface area contributed by atoms with Gasteiger partial charge in [-0.3, -0.25) is 4.79 Å². The number of carbonyl (C=O) groups excluding carboxylic acids is 1. The third-order valence-corrected chi connectivity index (χ3v) is 8.15. The molecule has 2 aromatic rings. The molecule has 8 heteroatoms. The third kappa shape index (κ3) is 7.08. The van der Waals surface area contributed by atoms with Gasteiger partial charge in [-0.1, -0.05) is 32.9 Å². The highest BCUT2D eigenvalue weighted by atomic mass is 28.3. The predicted octanol–water partition coefficient (Wildman–Crippen LogP) is 6.01. The number of likely N-dealkylation sites (tertiary alicyclic amines) is 1. The van der Waals surface area contributed by atoms with Crippen molar-refractivity contribution >= 4 is 14.9 Å². The highest BCUT2D eigenvalue weighted by Crippen LogP contribution is 2.45. The van der Waals surface area contributed by atoms with Crippen LogP contribution in [0.15, 0.2) is 36.4 Å². The molecule has 6 nitrogen and oxygen atoms in total. The molecule has 0 saturated carbocycles. The minimum absolute atomic E-state index is 0.0872. The Morgan fingerprint density at radius 2 is 1.61 bits per heavy atom. The Morgan fingerprint density at radius 1 is 1.00 bits per heavy atom. The first-order chi connectivity index (χ1) is 17.9. The van der Waals surface area contributed by atoms with E-state index < -0.39 is 14.5 Å². The van der Waals surface area contributed by atoms with E-state index in [4.69, 9.17) is 18.6 Å². The molecule has 0 N–H and O–H groups in total. The number of ether oxygens (including phenoxy) is 3. The zero-order valence-corrected chi connectivity index (χ0v) is 25.4. The highest BCUT2D eigenvalue weighted by Gasteiger charge is 2.52. The number of hydrogen-bond acceptors (Lipinski definition) is 5. The van der Waals surface area contributed by atoms with E-state index in [1.165, 1.54) is 12.1 Å². The SMILES string of the molecule is COc1cc(CN2CCC(Cc3ccc(F)cc3)(C(CCC(C)(C)C)O[SiH](C)C)C2=O)cc(OC)c1OC.